The highest BCUT2D eigenvalue weighted by Gasteiger charge is 2.31. The monoisotopic (exact) mass is 364 g/mol. The number of hydrogen-bond donors (Lipinski definition) is 0. The Morgan fingerprint density at radius 2 is 2.11 bits per heavy atom. The van der Waals surface area contributed by atoms with Gasteiger partial charge < -0.3 is 14.2 Å². The normalized spacial score (nSPS) is 16.5. The Labute approximate surface area is 157 Å². The fourth-order valence-corrected chi connectivity index (χ4v) is 3.18. The zero-order chi connectivity index (χ0) is 18.6. The van der Waals surface area contributed by atoms with Crippen LogP contribution in [-0.4, -0.2) is 45.6 Å². The van der Waals surface area contributed by atoms with Crippen LogP contribution >= 0.6 is 0 Å². The first-order valence-corrected chi connectivity index (χ1v) is 9.01. The van der Waals surface area contributed by atoms with Gasteiger partial charge in [0.1, 0.15) is 0 Å². The van der Waals surface area contributed by atoms with E-state index in [-0.39, 0.29) is 11.8 Å². The van der Waals surface area contributed by atoms with Crippen LogP contribution in [-0.2, 0) is 0 Å². The van der Waals surface area contributed by atoms with Crippen molar-refractivity contribution in [1.29, 1.82) is 0 Å². The third kappa shape index (κ3) is 3.67. The summed E-state index contributed by atoms with van der Waals surface area (Å²) < 4.78 is 10.7. The van der Waals surface area contributed by atoms with Gasteiger partial charge >= 0.3 is 0 Å². The van der Waals surface area contributed by atoms with E-state index in [1.807, 2.05) is 37.3 Å². The standard InChI is InChI=1S/C20H20N4O3/c1-2-26-17-9-8-15(12-21-17)20(25)24-11-10-16(13-24)18-22-19(27-23-18)14-6-4-3-5-7-14/h3-9,12,16H,2,10-11,13H2,1H3. The van der Waals surface area contributed by atoms with Gasteiger partial charge in [-0.1, -0.05) is 23.4 Å². The zero-order valence-corrected chi connectivity index (χ0v) is 15.0. The molecule has 138 valence electrons. The average Bonchev–Trinajstić information content (AvgIpc) is 3.39. The van der Waals surface area contributed by atoms with E-state index in [0.29, 0.717) is 42.9 Å². The number of carbonyl (C=O) groups excluding carboxylic acids is 1. The van der Waals surface area contributed by atoms with Crippen LogP contribution < -0.4 is 4.74 Å². The first-order chi connectivity index (χ1) is 13.2. The number of amides is 1. The molecular weight excluding hydrogens is 344 g/mol. The molecule has 0 saturated carbocycles. The zero-order valence-electron chi connectivity index (χ0n) is 15.0. The Balaban J connectivity index is 1.42. The number of likely N-dealkylation sites (tertiary alicyclic amines) is 1. The van der Waals surface area contributed by atoms with Gasteiger partial charge in [-0.25, -0.2) is 4.98 Å². The molecule has 1 aliphatic heterocycles. The van der Waals surface area contributed by atoms with Gasteiger partial charge in [-0.05, 0) is 31.5 Å². The highest BCUT2D eigenvalue weighted by Crippen LogP contribution is 2.28. The molecule has 0 N–H and O–H groups in total. The number of rotatable bonds is 5. The summed E-state index contributed by atoms with van der Waals surface area (Å²) in [6.07, 6.45) is 2.37. The molecule has 1 aromatic carbocycles. The number of nitrogens with zero attached hydrogens (tertiary/aromatic N) is 4. The summed E-state index contributed by atoms with van der Waals surface area (Å²) in [7, 11) is 0. The maximum absolute atomic E-state index is 12.7. The second-order valence-electron chi connectivity index (χ2n) is 6.38. The maximum Gasteiger partial charge on any atom is 0.257 e. The molecule has 1 unspecified atom stereocenters. The fraction of sp³-hybridized carbons (Fsp3) is 0.300. The van der Waals surface area contributed by atoms with E-state index in [4.69, 9.17) is 9.26 Å². The molecule has 1 amide bonds. The lowest BCUT2D eigenvalue weighted by atomic mass is 10.1. The van der Waals surface area contributed by atoms with Gasteiger partial charge in [0.2, 0.25) is 5.88 Å². The Kier molecular flexibility index (Phi) is 4.82. The smallest absolute Gasteiger partial charge is 0.257 e. The van der Waals surface area contributed by atoms with Crippen molar-refractivity contribution in [1.82, 2.24) is 20.0 Å². The van der Waals surface area contributed by atoms with Crippen molar-refractivity contribution < 1.29 is 14.1 Å². The Morgan fingerprint density at radius 3 is 2.85 bits per heavy atom. The summed E-state index contributed by atoms with van der Waals surface area (Å²) in [5.41, 5.74) is 1.44. The molecule has 0 bridgehead atoms. The Bertz CT molecular complexity index is 908. The van der Waals surface area contributed by atoms with Gasteiger partial charge in [-0.15, -0.1) is 0 Å². The Hall–Kier alpha value is -3.22. The van der Waals surface area contributed by atoms with Gasteiger partial charge in [0.05, 0.1) is 12.2 Å². The first-order valence-electron chi connectivity index (χ1n) is 9.01. The van der Waals surface area contributed by atoms with Crippen molar-refractivity contribution in [2.24, 2.45) is 0 Å². The van der Waals surface area contributed by atoms with Crippen LogP contribution in [0.15, 0.2) is 53.2 Å². The Morgan fingerprint density at radius 1 is 1.26 bits per heavy atom. The van der Waals surface area contributed by atoms with Crippen molar-refractivity contribution in [3.05, 3.63) is 60.0 Å². The van der Waals surface area contributed by atoms with Gasteiger partial charge in [-0.3, -0.25) is 4.79 Å². The van der Waals surface area contributed by atoms with E-state index in [1.165, 1.54) is 0 Å². The van der Waals surface area contributed by atoms with Crippen LogP contribution in [0.3, 0.4) is 0 Å². The molecular formula is C20H20N4O3. The quantitative estimate of drug-likeness (QED) is 0.692. The van der Waals surface area contributed by atoms with Crippen molar-refractivity contribution in [3.63, 3.8) is 0 Å². The molecule has 3 heterocycles. The molecule has 1 fully saturated rings. The molecule has 2 aromatic heterocycles. The number of carbonyl (C=O) groups is 1. The lowest BCUT2D eigenvalue weighted by Crippen LogP contribution is -2.28. The molecule has 3 aromatic rings. The van der Waals surface area contributed by atoms with Crippen molar-refractivity contribution >= 4 is 5.91 Å². The number of benzene rings is 1. The van der Waals surface area contributed by atoms with Crippen LogP contribution in [0.25, 0.3) is 11.5 Å². The van der Waals surface area contributed by atoms with E-state index < -0.39 is 0 Å². The summed E-state index contributed by atoms with van der Waals surface area (Å²) >= 11 is 0. The van der Waals surface area contributed by atoms with E-state index >= 15 is 0 Å². The average molecular weight is 364 g/mol. The third-order valence-corrected chi connectivity index (χ3v) is 4.58. The molecule has 0 aliphatic carbocycles. The van der Waals surface area contributed by atoms with Gasteiger partial charge in [0, 0.05) is 36.8 Å². The van der Waals surface area contributed by atoms with Crippen LogP contribution in [0, 0.1) is 0 Å². The third-order valence-electron chi connectivity index (χ3n) is 4.58. The van der Waals surface area contributed by atoms with Crippen molar-refractivity contribution in [2.75, 3.05) is 19.7 Å². The number of aromatic nitrogens is 3. The lowest BCUT2D eigenvalue weighted by Gasteiger charge is -2.15. The van der Waals surface area contributed by atoms with E-state index in [0.717, 1.165) is 12.0 Å². The molecule has 4 rings (SSSR count). The highest BCUT2D eigenvalue weighted by atomic mass is 16.5. The molecule has 1 atom stereocenters. The van der Waals surface area contributed by atoms with E-state index in [9.17, 15) is 4.79 Å². The molecule has 1 saturated heterocycles. The molecule has 0 radical (unpaired) electrons. The van der Waals surface area contributed by atoms with Crippen LogP contribution in [0.4, 0.5) is 0 Å². The highest BCUT2D eigenvalue weighted by molar-refractivity contribution is 5.94. The number of pyridine rings is 1. The maximum atomic E-state index is 12.7. The molecule has 1 aliphatic rings. The van der Waals surface area contributed by atoms with Crippen LogP contribution in [0.1, 0.15) is 35.4 Å². The van der Waals surface area contributed by atoms with Crippen molar-refractivity contribution in [3.8, 4) is 17.3 Å². The minimum Gasteiger partial charge on any atom is -0.478 e. The van der Waals surface area contributed by atoms with Gasteiger partial charge in [-0.2, -0.15) is 4.98 Å². The topological polar surface area (TPSA) is 81.4 Å². The molecule has 27 heavy (non-hydrogen) atoms. The summed E-state index contributed by atoms with van der Waals surface area (Å²) in [6, 6.07) is 13.1. The predicted octanol–water partition coefficient (Wildman–Crippen LogP) is 3.16. The van der Waals surface area contributed by atoms with Gasteiger partial charge in [0.15, 0.2) is 5.82 Å². The second kappa shape index (κ2) is 7.57. The number of hydrogen-bond acceptors (Lipinski definition) is 6. The predicted molar refractivity (Wildman–Crippen MR) is 98.4 cm³/mol. The summed E-state index contributed by atoms with van der Waals surface area (Å²) in [5.74, 6) is 1.71. The SMILES string of the molecule is CCOc1ccc(C(=O)N2CCC(c3noc(-c4ccccc4)n3)C2)cn1. The summed E-state index contributed by atoms with van der Waals surface area (Å²) in [6.45, 7) is 3.67. The largest absolute Gasteiger partial charge is 0.478 e. The minimum absolute atomic E-state index is 0.0418. The van der Waals surface area contributed by atoms with Gasteiger partial charge in [0.25, 0.3) is 11.8 Å². The van der Waals surface area contributed by atoms with Crippen LogP contribution in [0.2, 0.25) is 0 Å². The molecule has 7 nitrogen and oxygen atoms in total. The molecule has 0 spiro atoms. The lowest BCUT2D eigenvalue weighted by molar-refractivity contribution is 0.0790. The summed E-state index contributed by atoms with van der Waals surface area (Å²) in [5, 5.41) is 4.12. The van der Waals surface area contributed by atoms with Crippen LogP contribution in [0.5, 0.6) is 5.88 Å². The fourth-order valence-electron chi connectivity index (χ4n) is 3.18. The molecule has 7 heteroatoms. The van der Waals surface area contributed by atoms with E-state index in [1.54, 1.807) is 23.2 Å². The minimum atomic E-state index is -0.0418. The number of ether oxygens (including phenoxy) is 1. The summed E-state index contributed by atoms with van der Waals surface area (Å²) in [4.78, 5) is 23.2. The first kappa shape index (κ1) is 17.2. The van der Waals surface area contributed by atoms with Crippen molar-refractivity contribution in [2.45, 2.75) is 19.3 Å². The van der Waals surface area contributed by atoms with E-state index in [2.05, 4.69) is 15.1 Å². The second-order valence-corrected chi connectivity index (χ2v) is 6.38.